The molecule has 1 saturated heterocycles. The van der Waals surface area contributed by atoms with E-state index in [1.54, 1.807) is 0 Å². The van der Waals surface area contributed by atoms with Crippen molar-refractivity contribution in [2.24, 2.45) is 5.92 Å². The highest BCUT2D eigenvalue weighted by Crippen LogP contribution is 2.25. The number of carbonyl (C=O) groups is 2. The van der Waals surface area contributed by atoms with E-state index in [-0.39, 0.29) is 17.7 Å². The summed E-state index contributed by atoms with van der Waals surface area (Å²) in [5, 5.41) is 0. The molecule has 1 aliphatic rings. The molecule has 1 unspecified atom stereocenters. The number of aryl methyl sites for hydroxylation is 2. The molecule has 0 N–H and O–H groups in total. The van der Waals surface area contributed by atoms with Crippen molar-refractivity contribution in [2.45, 2.75) is 33.1 Å². The van der Waals surface area contributed by atoms with E-state index in [0.717, 1.165) is 11.1 Å². The molecule has 0 aliphatic carbocycles. The fourth-order valence-corrected chi connectivity index (χ4v) is 3.50. The van der Waals surface area contributed by atoms with E-state index in [2.05, 4.69) is 32.0 Å². The Bertz CT molecular complexity index is 731. The Morgan fingerprint density at radius 2 is 1.62 bits per heavy atom. The molecule has 1 aliphatic heterocycles. The fourth-order valence-electron chi connectivity index (χ4n) is 3.50. The van der Waals surface area contributed by atoms with E-state index in [1.165, 1.54) is 16.0 Å². The van der Waals surface area contributed by atoms with Crippen LogP contribution in [-0.4, -0.2) is 23.3 Å². The molecule has 3 heteroatoms. The molecule has 1 atom stereocenters. The summed E-state index contributed by atoms with van der Waals surface area (Å²) in [5.74, 6) is -0.269. The SMILES string of the molecule is Cc1cc(C)cc(CC2CC(=O)N(CCc3ccccc3)C2=O)c1. The molecule has 1 fully saturated rings. The minimum absolute atomic E-state index is 0.0184. The molecule has 24 heavy (non-hydrogen) atoms. The predicted molar refractivity (Wildman–Crippen MR) is 94.6 cm³/mol. The summed E-state index contributed by atoms with van der Waals surface area (Å²) < 4.78 is 0. The maximum absolute atomic E-state index is 12.6. The number of benzene rings is 2. The molecule has 2 aromatic rings. The summed E-state index contributed by atoms with van der Waals surface area (Å²) in [6, 6.07) is 16.3. The van der Waals surface area contributed by atoms with Crippen molar-refractivity contribution in [1.82, 2.24) is 4.90 Å². The van der Waals surface area contributed by atoms with Crippen LogP contribution in [0, 0.1) is 19.8 Å². The second kappa shape index (κ2) is 7.00. The lowest BCUT2D eigenvalue weighted by Gasteiger charge is -2.15. The molecule has 0 bridgehead atoms. The second-order valence-corrected chi connectivity index (χ2v) is 6.72. The van der Waals surface area contributed by atoms with Crippen LogP contribution in [0.25, 0.3) is 0 Å². The average molecular weight is 321 g/mol. The van der Waals surface area contributed by atoms with Crippen molar-refractivity contribution in [3.05, 3.63) is 70.8 Å². The fraction of sp³-hybridized carbons (Fsp3) is 0.333. The van der Waals surface area contributed by atoms with Gasteiger partial charge in [-0.05, 0) is 37.8 Å². The van der Waals surface area contributed by atoms with Crippen LogP contribution in [0.1, 0.15) is 28.7 Å². The zero-order chi connectivity index (χ0) is 17.1. The van der Waals surface area contributed by atoms with E-state index in [9.17, 15) is 9.59 Å². The Morgan fingerprint density at radius 3 is 2.29 bits per heavy atom. The first-order valence-corrected chi connectivity index (χ1v) is 8.48. The van der Waals surface area contributed by atoms with Gasteiger partial charge in [-0.15, -0.1) is 0 Å². The van der Waals surface area contributed by atoms with Gasteiger partial charge in [0, 0.05) is 13.0 Å². The van der Waals surface area contributed by atoms with E-state index in [0.29, 0.717) is 25.8 Å². The summed E-state index contributed by atoms with van der Waals surface area (Å²) in [7, 11) is 0. The summed E-state index contributed by atoms with van der Waals surface area (Å²) >= 11 is 0. The van der Waals surface area contributed by atoms with Gasteiger partial charge in [0.2, 0.25) is 11.8 Å². The van der Waals surface area contributed by atoms with Crippen molar-refractivity contribution >= 4 is 11.8 Å². The monoisotopic (exact) mass is 321 g/mol. The third-order valence-electron chi connectivity index (χ3n) is 4.57. The largest absolute Gasteiger partial charge is 0.282 e. The summed E-state index contributed by atoms with van der Waals surface area (Å²) in [4.78, 5) is 26.3. The number of carbonyl (C=O) groups excluding carboxylic acids is 2. The molecule has 3 rings (SSSR count). The zero-order valence-corrected chi connectivity index (χ0v) is 14.3. The number of rotatable bonds is 5. The molecule has 0 spiro atoms. The van der Waals surface area contributed by atoms with Crippen LogP contribution >= 0.6 is 0 Å². The van der Waals surface area contributed by atoms with Gasteiger partial charge in [0.05, 0.1) is 5.92 Å². The highest BCUT2D eigenvalue weighted by atomic mass is 16.2. The van der Waals surface area contributed by atoms with Crippen molar-refractivity contribution < 1.29 is 9.59 Å². The first kappa shape index (κ1) is 16.4. The van der Waals surface area contributed by atoms with Gasteiger partial charge in [-0.2, -0.15) is 0 Å². The smallest absolute Gasteiger partial charge is 0.233 e. The van der Waals surface area contributed by atoms with Crippen LogP contribution in [0.3, 0.4) is 0 Å². The highest BCUT2D eigenvalue weighted by Gasteiger charge is 2.37. The van der Waals surface area contributed by atoms with E-state index in [4.69, 9.17) is 0 Å². The number of nitrogens with zero attached hydrogens (tertiary/aromatic N) is 1. The van der Waals surface area contributed by atoms with Gasteiger partial charge >= 0.3 is 0 Å². The second-order valence-electron chi connectivity index (χ2n) is 6.72. The molecule has 2 aromatic carbocycles. The van der Waals surface area contributed by atoms with E-state index >= 15 is 0 Å². The third kappa shape index (κ3) is 3.73. The quantitative estimate of drug-likeness (QED) is 0.791. The number of likely N-dealkylation sites (tertiary alicyclic amines) is 1. The molecule has 0 aromatic heterocycles. The van der Waals surface area contributed by atoms with Gasteiger partial charge in [0.25, 0.3) is 0 Å². The lowest BCUT2D eigenvalue weighted by Crippen LogP contribution is -2.33. The molecular formula is C21H23NO2. The molecule has 0 saturated carbocycles. The standard InChI is InChI=1S/C21H23NO2/c1-15-10-16(2)12-18(11-15)13-19-14-20(23)22(21(19)24)9-8-17-6-4-3-5-7-17/h3-7,10-12,19H,8-9,13-14H2,1-2H3. The number of hydrogen-bond donors (Lipinski definition) is 0. The Balaban J connectivity index is 1.65. The third-order valence-corrected chi connectivity index (χ3v) is 4.57. The summed E-state index contributed by atoms with van der Waals surface area (Å²) in [6.45, 7) is 4.60. The molecule has 2 amide bonds. The number of amides is 2. The van der Waals surface area contributed by atoms with Crippen molar-refractivity contribution in [1.29, 1.82) is 0 Å². The van der Waals surface area contributed by atoms with Crippen LogP contribution in [0.15, 0.2) is 48.5 Å². The maximum Gasteiger partial charge on any atom is 0.233 e. The Labute approximate surface area is 143 Å². The molecule has 124 valence electrons. The lowest BCUT2D eigenvalue weighted by atomic mass is 9.95. The summed E-state index contributed by atoms with van der Waals surface area (Å²) in [6.07, 6.45) is 1.70. The van der Waals surface area contributed by atoms with Crippen LogP contribution in [-0.2, 0) is 22.4 Å². The average Bonchev–Trinajstić information content (AvgIpc) is 2.79. The van der Waals surface area contributed by atoms with Crippen molar-refractivity contribution in [3.63, 3.8) is 0 Å². The van der Waals surface area contributed by atoms with Gasteiger partial charge in [-0.3, -0.25) is 14.5 Å². The Kier molecular flexibility index (Phi) is 4.79. The van der Waals surface area contributed by atoms with Gasteiger partial charge < -0.3 is 0 Å². The number of imide groups is 1. The molecule has 1 heterocycles. The van der Waals surface area contributed by atoms with Gasteiger partial charge in [-0.25, -0.2) is 0 Å². The topological polar surface area (TPSA) is 37.4 Å². The molecule has 0 radical (unpaired) electrons. The minimum Gasteiger partial charge on any atom is -0.282 e. The highest BCUT2D eigenvalue weighted by molar-refractivity contribution is 6.03. The van der Waals surface area contributed by atoms with Gasteiger partial charge in [0.15, 0.2) is 0 Å². The van der Waals surface area contributed by atoms with Gasteiger partial charge in [-0.1, -0.05) is 59.7 Å². The van der Waals surface area contributed by atoms with Crippen LogP contribution < -0.4 is 0 Å². The first-order chi connectivity index (χ1) is 11.5. The maximum atomic E-state index is 12.6. The zero-order valence-electron chi connectivity index (χ0n) is 14.3. The lowest BCUT2D eigenvalue weighted by molar-refractivity contribution is -0.139. The van der Waals surface area contributed by atoms with Crippen LogP contribution in [0.2, 0.25) is 0 Å². The number of hydrogen-bond acceptors (Lipinski definition) is 2. The van der Waals surface area contributed by atoms with E-state index < -0.39 is 0 Å². The van der Waals surface area contributed by atoms with Gasteiger partial charge in [0.1, 0.15) is 0 Å². The van der Waals surface area contributed by atoms with E-state index in [1.807, 2.05) is 30.3 Å². The normalized spacial score (nSPS) is 17.6. The molecule has 3 nitrogen and oxygen atoms in total. The van der Waals surface area contributed by atoms with Crippen molar-refractivity contribution in [2.75, 3.05) is 6.54 Å². The van der Waals surface area contributed by atoms with Crippen LogP contribution in [0.4, 0.5) is 0 Å². The summed E-state index contributed by atoms with van der Waals surface area (Å²) in [5.41, 5.74) is 4.69. The van der Waals surface area contributed by atoms with Crippen LogP contribution in [0.5, 0.6) is 0 Å². The first-order valence-electron chi connectivity index (χ1n) is 8.48. The Morgan fingerprint density at radius 1 is 0.958 bits per heavy atom. The minimum atomic E-state index is -0.213. The van der Waals surface area contributed by atoms with Crippen molar-refractivity contribution in [3.8, 4) is 0 Å². The Hall–Kier alpha value is -2.42. The predicted octanol–water partition coefficient (Wildman–Crippen LogP) is 3.46. The molecular weight excluding hydrogens is 298 g/mol.